The van der Waals surface area contributed by atoms with Crippen LogP contribution in [-0.2, 0) is 17.6 Å². The molecule has 0 unspecified atom stereocenters. The highest BCUT2D eigenvalue weighted by Crippen LogP contribution is 2.38. The number of para-hydroxylation sites is 2. The van der Waals surface area contributed by atoms with Crippen molar-refractivity contribution in [2.75, 3.05) is 42.9 Å². The molecule has 1 fully saturated rings. The molecule has 1 amide bonds. The number of aromatic nitrogens is 2. The van der Waals surface area contributed by atoms with Crippen LogP contribution in [0.15, 0.2) is 24.3 Å². The van der Waals surface area contributed by atoms with E-state index in [0.29, 0.717) is 12.0 Å². The molecular formula is C23H26N6OS. The Morgan fingerprint density at radius 3 is 2.97 bits per heavy atom. The standard InChI is InChI=1S/C23H26N6OS/c24-15-17-16-5-3-8-20(16)31-22(17)27-21(30)9-12-28-10-4-11-29(14-13-28)23-25-18-6-1-2-7-19(18)26-23/h1-2,6-7H,3-5,8-14H2,(H,25,26)(H,27,30). The van der Waals surface area contributed by atoms with Crippen LogP contribution in [0.4, 0.5) is 10.9 Å². The molecule has 2 aliphatic rings. The zero-order chi connectivity index (χ0) is 21.2. The van der Waals surface area contributed by atoms with E-state index < -0.39 is 0 Å². The van der Waals surface area contributed by atoms with Gasteiger partial charge in [0.15, 0.2) is 0 Å². The van der Waals surface area contributed by atoms with Crippen LogP contribution in [0.25, 0.3) is 11.0 Å². The van der Waals surface area contributed by atoms with Crippen LogP contribution in [0.3, 0.4) is 0 Å². The minimum atomic E-state index is -0.00480. The van der Waals surface area contributed by atoms with Crippen LogP contribution in [0, 0.1) is 11.3 Å². The Morgan fingerprint density at radius 1 is 1.19 bits per heavy atom. The smallest absolute Gasteiger partial charge is 0.226 e. The number of hydrogen-bond donors (Lipinski definition) is 2. The van der Waals surface area contributed by atoms with E-state index in [1.54, 1.807) is 11.3 Å². The second kappa shape index (κ2) is 8.69. The molecule has 0 saturated carbocycles. The fourth-order valence-corrected chi connectivity index (χ4v) is 5.81. The van der Waals surface area contributed by atoms with Crippen LogP contribution in [-0.4, -0.2) is 53.5 Å². The van der Waals surface area contributed by atoms with E-state index in [-0.39, 0.29) is 5.91 Å². The lowest BCUT2D eigenvalue weighted by Crippen LogP contribution is -2.33. The number of nitrogens with zero attached hydrogens (tertiary/aromatic N) is 4. The van der Waals surface area contributed by atoms with E-state index in [1.807, 2.05) is 18.2 Å². The summed E-state index contributed by atoms with van der Waals surface area (Å²) in [7, 11) is 0. The molecule has 7 nitrogen and oxygen atoms in total. The lowest BCUT2D eigenvalue weighted by Gasteiger charge is -2.21. The van der Waals surface area contributed by atoms with E-state index >= 15 is 0 Å². The molecule has 1 aliphatic carbocycles. The molecular weight excluding hydrogens is 408 g/mol. The first-order chi connectivity index (χ1) is 15.2. The van der Waals surface area contributed by atoms with Crippen molar-refractivity contribution >= 4 is 39.2 Å². The fraction of sp³-hybridized carbons (Fsp3) is 0.435. The predicted octanol–water partition coefficient (Wildman–Crippen LogP) is 3.53. The lowest BCUT2D eigenvalue weighted by molar-refractivity contribution is -0.116. The van der Waals surface area contributed by atoms with Crippen molar-refractivity contribution < 1.29 is 4.79 Å². The maximum Gasteiger partial charge on any atom is 0.226 e. The first-order valence-corrected chi connectivity index (χ1v) is 11.8. The number of amides is 1. The Labute approximate surface area is 185 Å². The van der Waals surface area contributed by atoms with Crippen LogP contribution in [0.2, 0.25) is 0 Å². The number of thiophene rings is 1. The van der Waals surface area contributed by atoms with Gasteiger partial charge >= 0.3 is 0 Å². The maximum atomic E-state index is 12.6. The number of imidazole rings is 1. The number of benzene rings is 1. The molecule has 1 aliphatic heterocycles. The minimum Gasteiger partial charge on any atom is -0.341 e. The number of nitriles is 1. The van der Waals surface area contributed by atoms with Gasteiger partial charge in [-0.1, -0.05) is 12.1 Å². The minimum absolute atomic E-state index is 0.00480. The molecule has 0 radical (unpaired) electrons. The SMILES string of the molecule is N#Cc1c(NC(=O)CCN2CCCN(c3nc4ccccc4[nH]3)CC2)sc2c1CCC2. The molecule has 0 bridgehead atoms. The Morgan fingerprint density at radius 2 is 2.10 bits per heavy atom. The first kappa shape index (κ1) is 20.0. The normalized spacial score (nSPS) is 16.8. The van der Waals surface area contributed by atoms with Crippen LogP contribution in [0.5, 0.6) is 0 Å². The van der Waals surface area contributed by atoms with Crippen molar-refractivity contribution in [1.82, 2.24) is 14.9 Å². The topological polar surface area (TPSA) is 88.1 Å². The molecule has 8 heteroatoms. The molecule has 2 N–H and O–H groups in total. The van der Waals surface area contributed by atoms with Gasteiger partial charge in [0.25, 0.3) is 0 Å². The highest BCUT2D eigenvalue weighted by atomic mass is 32.1. The van der Waals surface area contributed by atoms with Gasteiger partial charge in [0, 0.05) is 37.5 Å². The summed E-state index contributed by atoms with van der Waals surface area (Å²) in [5.74, 6) is 0.922. The summed E-state index contributed by atoms with van der Waals surface area (Å²) in [6.45, 7) is 4.45. The van der Waals surface area contributed by atoms with E-state index in [0.717, 1.165) is 86.0 Å². The third kappa shape index (κ3) is 4.16. The van der Waals surface area contributed by atoms with Crippen LogP contribution < -0.4 is 10.2 Å². The number of aromatic amines is 1. The second-order valence-corrected chi connectivity index (χ2v) is 9.34. The zero-order valence-electron chi connectivity index (χ0n) is 17.5. The number of rotatable bonds is 5. The molecule has 31 heavy (non-hydrogen) atoms. The van der Waals surface area contributed by atoms with Gasteiger partial charge in [-0.3, -0.25) is 4.79 Å². The molecule has 3 aromatic rings. The average Bonchev–Trinajstić information content (AvgIpc) is 3.42. The lowest BCUT2D eigenvalue weighted by atomic mass is 10.1. The number of carbonyl (C=O) groups excluding carboxylic acids is 1. The largest absolute Gasteiger partial charge is 0.341 e. The van der Waals surface area contributed by atoms with Gasteiger partial charge in [-0.15, -0.1) is 11.3 Å². The number of aryl methyl sites for hydroxylation is 1. The molecule has 160 valence electrons. The fourth-order valence-electron chi connectivity index (χ4n) is 4.55. The second-order valence-electron chi connectivity index (χ2n) is 8.23. The summed E-state index contributed by atoms with van der Waals surface area (Å²) in [6.07, 6.45) is 4.58. The van der Waals surface area contributed by atoms with Crippen LogP contribution >= 0.6 is 11.3 Å². The van der Waals surface area contributed by atoms with Gasteiger partial charge in [0.1, 0.15) is 11.1 Å². The predicted molar refractivity (Wildman–Crippen MR) is 124 cm³/mol. The van der Waals surface area contributed by atoms with Crippen molar-refractivity contribution in [1.29, 1.82) is 5.26 Å². The Balaban J connectivity index is 1.15. The first-order valence-electron chi connectivity index (χ1n) is 11.0. The van der Waals surface area contributed by atoms with Gasteiger partial charge in [0.2, 0.25) is 11.9 Å². The Bertz CT molecular complexity index is 1110. The third-order valence-electron chi connectivity index (χ3n) is 6.21. The quantitative estimate of drug-likeness (QED) is 0.641. The van der Waals surface area contributed by atoms with E-state index in [1.165, 1.54) is 4.88 Å². The summed E-state index contributed by atoms with van der Waals surface area (Å²) in [6, 6.07) is 10.4. The Hall–Kier alpha value is -2.89. The molecule has 0 atom stereocenters. The summed E-state index contributed by atoms with van der Waals surface area (Å²) < 4.78 is 0. The van der Waals surface area contributed by atoms with Gasteiger partial charge in [0.05, 0.1) is 16.6 Å². The highest BCUT2D eigenvalue weighted by Gasteiger charge is 2.23. The molecule has 1 aromatic carbocycles. The number of H-pyrrole nitrogens is 1. The number of nitrogens with one attached hydrogen (secondary N) is 2. The highest BCUT2D eigenvalue weighted by molar-refractivity contribution is 7.16. The average molecular weight is 435 g/mol. The van der Waals surface area contributed by atoms with Gasteiger partial charge < -0.3 is 20.1 Å². The van der Waals surface area contributed by atoms with Crippen LogP contribution in [0.1, 0.15) is 35.3 Å². The number of fused-ring (bicyclic) bond motifs is 2. The number of hydrogen-bond acceptors (Lipinski definition) is 6. The molecule has 0 spiro atoms. The maximum absolute atomic E-state index is 12.6. The van der Waals surface area contributed by atoms with E-state index in [9.17, 15) is 10.1 Å². The monoisotopic (exact) mass is 434 g/mol. The number of carbonyl (C=O) groups is 1. The molecule has 5 rings (SSSR count). The van der Waals surface area contributed by atoms with E-state index in [2.05, 4.69) is 32.2 Å². The third-order valence-corrected chi connectivity index (χ3v) is 7.41. The van der Waals surface area contributed by atoms with Crippen molar-refractivity contribution in [2.24, 2.45) is 0 Å². The molecule has 1 saturated heterocycles. The van der Waals surface area contributed by atoms with Crippen molar-refractivity contribution in [3.63, 3.8) is 0 Å². The zero-order valence-corrected chi connectivity index (χ0v) is 18.3. The summed E-state index contributed by atoms with van der Waals surface area (Å²) in [5.41, 5.74) is 3.89. The van der Waals surface area contributed by atoms with Crippen molar-refractivity contribution in [3.05, 3.63) is 40.3 Å². The molecule has 2 aromatic heterocycles. The van der Waals surface area contributed by atoms with Gasteiger partial charge in [-0.25, -0.2) is 4.98 Å². The van der Waals surface area contributed by atoms with Gasteiger partial charge in [-0.05, 0) is 49.9 Å². The number of anilines is 2. The summed E-state index contributed by atoms with van der Waals surface area (Å²) in [5, 5.41) is 13.2. The summed E-state index contributed by atoms with van der Waals surface area (Å²) >= 11 is 1.58. The molecule has 3 heterocycles. The van der Waals surface area contributed by atoms with Crippen molar-refractivity contribution in [2.45, 2.75) is 32.1 Å². The Kier molecular flexibility index (Phi) is 5.62. The van der Waals surface area contributed by atoms with E-state index in [4.69, 9.17) is 4.98 Å². The summed E-state index contributed by atoms with van der Waals surface area (Å²) in [4.78, 5) is 26.6. The van der Waals surface area contributed by atoms with Gasteiger partial charge in [-0.2, -0.15) is 5.26 Å². The van der Waals surface area contributed by atoms with Crippen molar-refractivity contribution in [3.8, 4) is 6.07 Å².